The Morgan fingerprint density at radius 1 is 1.06 bits per heavy atom. The average molecular weight is 449 g/mol. The minimum atomic E-state index is -0.434. The molecule has 3 aromatic rings. The van der Waals surface area contributed by atoms with Crippen molar-refractivity contribution in [3.05, 3.63) is 94.0 Å². The van der Waals surface area contributed by atoms with Crippen LogP contribution < -0.4 is 9.47 Å². The predicted octanol–water partition coefficient (Wildman–Crippen LogP) is 5.38. The van der Waals surface area contributed by atoms with E-state index < -0.39 is 6.23 Å². The molecular weight excluding hydrogens is 428 g/mol. The summed E-state index contributed by atoms with van der Waals surface area (Å²) in [5.41, 5.74) is 4.38. The summed E-state index contributed by atoms with van der Waals surface area (Å²) in [6.07, 6.45) is 0.288. The second-order valence-electron chi connectivity index (χ2n) is 7.64. The van der Waals surface area contributed by atoms with Gasteiger partial charge in [-0.25, -0.2) is 9.80 Å². The lowest BCUT2D eigenvalue weighted by molar-refractivity contribution is -0.0190. The molecule has 0 aliphatic carbocycles. The summed E-state index contributed by atoms with van der Waals surface area (Å²) >= 11 is 6.30. The van der Waals surface area contributed by atoms with Crippen molar-refractivity contribution in [1.29, 1.82) is 0 Å². The maximum Gasteiger partial charge on any atom is 0.337 e. The minimum Gasteiger partial charge on any atom is -0.497 e. The molecule has 0 amide bonds. The van der Waals surface area contributed by atoms with E-state index in [0.717, 1.165) is 40.3 Å². The lowest BCUT2D eigenvalue weighted by Gasteiger charge is -2.38. The largest absolute Gasteiger partial charge is 0.497 e. The monoisotopic (exact) mass is 448 g/mol. The van der Waals surface area contributed by atoms with Crippen LogP contribution in [0.4, 0.5) is 0 Å². The molecule has 0 spiro atoms. The quantitative estimate of drug-likeness (QED) is 0.501. The number of fused-ring (bicyclic) bond motifs is 3. The predicted molar refractivity (Wildman–Crippen MR) is 121 cm³/mol. The van der Waals surface area contributed by atoms with Gasteiger partial charge in [0.2, 0.25) is 6.23 Å². The minimum absolute atomic E-state index is 0.0140. The number of esters is 1. The van der Waals surface area contributed by atoms with Gasteiger partial charge in [-0.2, -0.15) is 5.10 Å². The fraction of sp³-hybridized carbons (Fsp3) is 0.200. The first-order valence-corrected chi connectivity index (χ1v) is 10.6. The molecular formula is C25H21ClN2O4. The van der Waals surface area contributed by atoms with Crippen LogP contribution in [0, 0.1) is 0 Å². The number of hydrogen-bond donors (Lipinski definition) is 0. The number of hydrazone groups is 1. The van der Waals surface area contributed by atoms with E-state index in [1.165, 1.54) is 7.11 Å². The molecule has 2 aliphatic heterocycles. The first-order valence-electron chi connectivity index (χ1n) is 10.2. The zero-order chi connectivity index (χ0) is 22.2. The average Bonchev–Trinajstić information content (AvgIpc) is 3.29. The molecule has 0 N–H and O–H groups in total. The van der Waals surface area contributed by atoms with Crippen molar-refractivity contribution < 1.29 is 19.0 Å². The lowest BCUT2D eigenvalue weighted by Crippen LogP contribution is -2.33. The fourth-order valence-electron chi connectivity index (χ4n) is 4.14. The standard InChI is InChI=1S/C25H21ClN2O4/c1-30-19-10-7-15(8-11-19)21-14-22-20-13-18(26)9-12-23(20)32-24(28(22)27-21)16-3-5-17(6-4-16)25(29)31-2/h3-13,22,24H,14H2,1-2H3/t22-,24+/m1/s1. The highest BCUT2D eigenvalue weighted by molar-refractivity contribution is 6.30. The van der Waals surface area contributed by atoms with Crippen LogP contribution in [0.3, 0.4) is 0 Å². The van der Waals surface area contributed by atoms with Gasteiger partial charge in [0.1, 0.15) is 11.5 Å². The van der Waals surface area contributed by atoms with E-state index in [1.54, 1.807) is 19.2 Å². The van der Waals surface area contributed by atoms with Crippen molar-refractivity contribution in [3.63, 3.8) is 0 Å². The molecule has 0 fully saturated rings. The Morgan fingerprint density at radius 2 is 1.81 bits per heavy atom. The van der Waals surface area contributed by atoms with E-state index in [1.807, 2.05) is 59.6 Å². The summed E-state index contributed by atoms with van der Waals surface area (Å²) in [6.45, 7) is 0. The molecule has 0 radical (unpaired) electrons. The number of methoxy groups -OCH3 is 2. The molecule has 2 atom stereocenters. The fourth-order valence-corrected chi connectivity index (χ4v) is 4.32. The summed E-state index contributed by atoms with van der Waals surface area (Å²) in [4.78, 5) is 11.8. The van der Waals surface area contributed by atoms with Crippen LogP contribution >= 0.6 is 11.6 Å². The number of halogens is 1. The Balaban J connectivity index is 1.54. The second kappa shape index (κ2) is 8.20. The number of ether oxygens (including phenoxy) is 3. The molecule has 0 unspecified atom stereocenters. The summed E-state index contributed by atoms with van der Waals surface area (Å²) < 4.78 is 16.4. The Kier molecular flexibility index (Phi) is 5.23. The highest BCUT2D eigenvalue weighted by atomic mass is 35.5. The highest BCUT2D eigenvalue weighted by Gasteiger charge is 2.41. The first-order chi connectivity index (χ1) is 15.6. The molecule has 6 nitrogen and oxygen atoms in total. The smallest absolute Gasteiger partial charge is 0.337 e. The topological polar surface area (TPSA) is 60.4 Å². The Morgan fingerprint density at radius 3 is 2.50 bits per heavy atom. The summed E-state index contributed by atoms with van der Waals surface area (Å²) in [5, 5.41) is 7.58. The van der Waals surface area contributed by atoms with Crippen molar-refractivity contribution in [2.24, 2.45) is 5.10 Å². The van der Waals surface area contributed by atoms with E-state index in [2.05, 4.69) is 0 Å². The maximum absolute atomic E-state index is 11.8. The highest BCUT2D eigenvalue weighted by Crippen LogP contribution is 2.48. The van der Waals surface area contributed by atoms with Crippen LogP contribution in [0.2, 0.25) is 5.02 Å². The lowest BCUT2D eigenvalue weighted by atomic mass is 9.95. The second-order valence-corrected chi connectivity index (χ2v) is 8.08. The zero-order valence-corrected chi connectivity index (χ0v) is 18.4. The normalized spacial score (nSPS) is 18.8. The van der Waals surface area contributed by atoms with Crippen LogP contribution in [-0.4, -0.2) is 30.9 Å². The van der Waals surface area contributed by atoms with Gasteiger partial charge in [0.05, 0.1) is 31.5 Å². The van der Waals surface area contributed by atoms with E-state index in [9.17, 15) is 4.79 Å². The van der Waals surface area contributed by atoms with E-state index >= 15 is 0 Å². The molecule has 2 heterocycles. The third kappa shape index (κ3) is 3.56. The van der Waals surface area contributed by atoms with Gasteiger partial charge in [0.25, 0.3) is 0 Å². The Hall–Kier alpha value is -3.51. The van der Waals surface area contributed by atoms with Gasteiger partial charge in [-0.3, -0.25) is 0 Å². The molecule has 7 heteroatoms. The van der Waals surface area contributed by atoms with Gasteiger partial charge in [0.15, 0.2) is 0 Å². The van der Waals surface area contributed by atoms with Gasteiger partial charge >= 0.3 is 5.97 Å². The molecule has 32 heavy (non-hydrogen) atoms. The molecule has 162 valence electrons. The molecule has 0 bridgehead atoms. The Bertz CT molecular complexity index is 1190. The first kappa shape index (κ1) is 20.4. The van der Waals surface area contributed by atoms with Crippen molar-refractivity contribution in [2.45, 2.75) is 18.7 Å². The van der Waals surface area contributed by atoms with Crippen LogP contribution in [-0.2, 0) is 4.74 Å². The van der Waals surface area contributed by atoms with Gasteiger partial charge in [0, 0.05) is 22.6 Å². The van der Waals surface area contributed by atoms with Crippen molar-refractivity contribution >= 4 is 23.3 Å². The molecule has 2 aliphatic rings. The molecule has 0 saturated heterocycles. The number of nitrogens with zero attached hydrogens (tertiary/aromatic N) is 2. The zero-order valence-electron chi connectivity index (χ0n) is 17.6. The number of benzene rings is 3. The summed E-state index contributed by atoms with van der Waals surface area (Å²) in [5.74, 6) is 1.21. The van der Waals surface area contributed by atoms with Gasteiger partial charge in [-0.1, -0.05) is 23.7 Å². The number of hydrogen-bond acceptors (Lipinski definition) is 6. The van der Waals surface area contributed by atoms with E-state index in [0.29, 0.717) is 10.6 Å². The molecule has 5 rings (SSSR count). The van der Waals surface area contributed by atoms with E-state index in [4.69, 9.17) is 30.9 Å². The maximum atomic E-state index is 11.8. The third-order valence-corrected chi connectivity index (χ3v) is 6.03. The van der Waals surface area contributed by atoms with Crippen LogP contribution in [0.5, 0.6) is 11.5 Å². The Labute approximate surface area is 191 Å². The van der Waals surface area contributed by atoms with Crippen LogP contribution in [0.1, 0.15) is 45.7 Å². The third-order valence-electron chi connectivity index (χ3n) is 5.79. The summed E-state index contributed by atoms with van der Waals surface area (Å²) in [7, 11) is 3.02. The van der Waals surface area contributed by atoms with E-state index in [-0.39, 0.29) is 12.0 Å². The number of carbonyl (C=O) groups excluding carboxylic acids is 1. The van der Waals surface area contributed by atoms with Crippen molar-refractivity contribution in [1.82, 2.24) is 5.01 Å². The van der Waals surface area contributed by atoms with Crippen molar-refractivity contribution in [3.8, 4) is 11.5 Å². The van der Waals surface area contributed by atoms with Gasteiger partial charge in [-0.15, -0.1) is 0 Å². The SMILES string of the molecule is COC(=O)c1ccc([C@@H]2Oc3ccc(Cl)cc3[C@H]3CC(c4ccc(OC)cc4)=NN32)cc1. The molecule has 0 aromatic heterocycles. The molecule has 3 aromatic carbocycles. The van der Waals surface area contributed by atoms with Crippen molar-refractivity contribution in [2.75, 3.05) is 14.2 Å². The van der Waals surface area contributed by atoms with Crippen LogP contribution in [0.15, 0.2) is 71.8 Å². The van der Waals surface area contributed by atoms with Gasteiger partial charge < -0.3 is 14.2 Å². The van der Waals surface area contributed by atoms with Crippen LogP contribution in [0.25, 0.3) is 0 Å². The van der Waals surface area contributed by atoms with Gasteiger partial charge in [-0.05, 0) is 60.2 Å². The summed E-state index contributed by atoms with van der Waals surface area (Å²) in [6, 6.07) is 20.8. The number of rotatable bonds is 4. The molecule has 0 saturated carbocycles. The number of carbonyl (C=O) groups is 1.